The number of hydrogen-bond donors (Lipinski definition) is 1. The van der Waals surface area contributed by atoms with Gasteiger partial charge in [0.05, 0.1) is 7.11 Å². The molecular weight excluding hydrogens is 240 g/mol. The van der Waals surface area contributed by atoms with Crippen LogP contribution in [0, 0.1) is 13.8 Å². The number of nitrogens with zero attached hydrogens (tertiary/aromatic N) is 1. The fourth-order valence-electron chi connectivity index (χ4n) is 2.22. The zero-order valence-corrected chi connectivity index (χ0v) is 11.4. The molecule has 1 aromatic heterocycles. The Bertz CT molecular complexity index is 573. The van der Waals surface area contributed by atoms with E-state index in [1.807, 2.05) is 25.1 Å². The van der Waals surface area contributed by atoms with Crippen LogP contribution in [-0.2, 0) is 11.3 Å². The molecule has 0 spiro atoms. The average molecular weight is 258 g/mol. The molecule has 4 heteroatoms. The largest absolute Gasteiger partial charge is 0.453 e. The number of alkyl carbamates (subject to hydrolysis) is 1. The number of carbonyl (C=O) groups excluding carboxylic acids is 1. The molecule has 2 rings (SSSR count). The minimum atomic E-state index is -0.412. The van der Waals surface area contributed by atoms with Crippen molar-refractivity contribution in [3.63, 3.8) is 0 Å². The van der Waals surface area contributed by atoms with Crippen LogP contribution in [0.5, 0.6) is 0 Å². The molecule has 0 unspecified atom stereocenters. The van der Waals surface area contributed by atoms with Crippen LogP contribution in [0.4, 0.5) is 4.79 Å². The van der Waals surface area contributed by atoms with Gasteiger partial charge in [-0.05, 0) is 37.6 Å². The summed E-state index contributed by atoms with van der Waals surface area (Å²) in [7, 11) is 1.36. The zero-order chi connectivity index (χ0) is 13.8. The van der Waals surface area contributed by atoms with Crippen molar-refractivity contribution < 1.29 is 9.53 Å². The summed E-state index contributed by atoms with van der Waals surface area (Å²) < 4.78 is 6.75. The van der Waals surface area contributed by atoms with E-state index in [-0.39, 0.29) is 0 Å². The molecule has 0 fully saturated rings. The van der Waals surface area contributed by atoms with Crippen LogP contribution in [0.15, 0.2) is 36.4 Å². The monoisotopic (exact) mass is 258 g/mol. The number of aromatic nitrogens is 1. The van der Waals surface area contributed by atoms with Gasteiger partial charge >= 0.3 is 6.09 Å². The Morgan fingerprint density at radius 1 is 1.26 bits per heavy atom. The van der Waals surface area contributed by atoms with E-state index in [0.29, 0.717) is 6.54 Å². The Morgan fingerprint density at radius 3 is 2.58 bits per heavy atom. The average Bonchev–Trinajstić information content (AvgIpc) is 2.71. The van der Waals surface area contributed by atoms with Gasteiger partial charge in [0.25, 0.3) is 0 Å². The minimum Gasteiger partial charge on any atom is -0.453 e. The van der Waals surface area contributed by atoms with Gasteiger partial charge in [-0.25, -0.2) is 4.79 Å². The third-order valence-corrected chi connectivity index (χ3v) is 3.16. The van der Waals surface area contributed by atoms with E-state index in [9.17, 15) is 4.79 Å². The maximum Gasteiger partial charge on any atom is 0.407 e. The van der Waals surface area contributed by atoms with Crippen molar-refractivity contribution in [3.8, 4) is 5.69 Å². The summed E-state index contributed by atoms with van der Waals surface area (Å²) in [6.07, 6.45) is -0.412. The molecule has 0 bridgehead atoms. The molecule has 1 N–H and O–H groups in total. The van der Waals surface area contributed by atoms with E-state index in [4.69, 9.17) is 0 Å². The lowest BCUT2D eigenvalue weighted by atomic mass is 10.2. The summed E-state index contributed by atoms with van der Waals surface area (Å²) in [4.78, 5) is 11.1. The van der Waals surface area contributed by atoms with Crippen molar-refractivity contribution >= 4 is 6.09 Å². The molecule has 0 saturated heterocycles. The topological polar surface area (TPSA) is 43.3 Å². The van der Waals surface area contributed by atoms with E-state index in [1.54, 1.807) is 0 Å². The number of aryl methyl sites for hydroxylation is 1. The second kappa shape index (κ2) is 5.61. The van der Waals surface area contributed by atoms with Crippen LogP contribution in [0.1, 0.15) is 17.0 Å². The second-order valence-corrected chi connectivity index (χ2v) is 4.41. The summed E-state index contributed by atoms with van der Waals surface area (Å²) in [5.41, 5.74) is 4.49. The molecule has 100 valence electrons. The normalized spacial score (nSPS) is 10.3. The molecule has 1 aromatic carbocycles. The Hall–Kier alpha value is -2.23. The number of benzene rings is 1. The van der Waals surface area contributed by atoms with Crippen molar-refractivity contribution in [2.75, 3.05) is 7.11 Å². The van der Waals surface area contributed by atoms with Crippen molar-refractivity contribution in [3.05, 3.63) is 53.3 Å². The van der Waals surface area contributed by atoms with Crippen LogP contribution in [0.3, 0.4) is 0 Å². The Kier molecular flexibility index (Phi) is 3.90. The molecule has 1 amide bonds. The van der Waals surface area contributed by atoms with E-state index in [2.05, 4.69) is 39.7 Å². The molecule has 0 aliphatic heterocycles. The Labute approximate surface area is 113 Å². The first-order valence-electron chi connectivity index (χ1n) is 6.18. The van der Waals surface area contributed by atoms with Gasteiger partial charge in [0.1, 0.15) is 0 Å². The SMILES string of the molecule is COC(=O)NCc1cc(C)n(-c2ccccc2)c1C. The molecule has 4 nitrogen and oxygen atoms in total. The fourth-order valence-corrected chi connectivity index (χ4v) is 2.22. The standard InChI is InChI=1S/C15H18N2O2/c1-11-9-13(10-16-15(18)19-3)12(2)17(11)14-7-5-4-6-8-14/h4-9H,10H2,1-3H3,(H,16,18). The van der Waals surface area contributed by atoms with E-state index >= 15 is 0 Å². The highest BCUT2D eigenvalue weighted by Gasteiger charge is 2.11. The number of nitrogens with one attached hydrogen (secondary N) is 1. The predicted molar refractivity (Wildman–Crippen MR) is 74.5 cm³/mol. The highest BCUT2D eigenvalue weighted by atomic mass is 16.5. The highest BCUT2D eigenvalue weighted by Crippen LogP contribution is 2.20. The van der Waals surface area contributed by atoms with Gasteiger partial charge in [0.15, 0.2) is 0 Å². The number of ether oxygens (including phenoxy) is 1. The van der Waals surface area contributed by atoms with Crippen molar-refractivity contribution in [2.45, 2.75) is 20.4 Å². The van der Waals surface area contributed by atoms with Gasteiger partial charge in [0, 0.05) is 23.6 Å². The van der Waals surface area contributed by atoms with Crippen LogP contribution >= 0.6 is 0 Å². The number of amides is 1. The fraction of sp³-hybridized carbons (Fsp3) is 0.267. The number of carbonyl (C=O) groups is 1. The predicted octanol–water partition coefficient (Wildman–Crippen LogP) is 2.95. The lowest BCUT2D eigenvalue weighted by Gasteiger charge is -2.10. The van der Waals surface area contributed by atoms with Crippen LogP contribution in [-0.4, -0.2) is 17.8 Å². The summed E-state index contributed by atoms with van der Waals surface area (Å²) in [6.45, 7) is 4.58. The van der Waals surface area contributed by atoms with Crippen molar-refractivity contribution in [2.24, 2.45) is 0 Å². The molecule has 0 radical (unpaired) electrons. The van der Waals surface area contributed by atoms with Gasteiger partial charge in [-0.2, -0.15) is 0 Å². The maximum atomic E-state index is 11.1. The van der Waals surface area contributed by atoms with Gasteiger partial charge in [-0.3, -0.25) is 0 Å². The molecule has 19 heavy (non-hydrogen) atoms. The molecule has 2 aromatic rings. The Balaban J connectivity index is 2.28. The lowest BCUT2D eigenvalue weighted by molar-refractivity contribution is 0.170. The van der Waals surface area contributed by atoms with Crippen LogP contribution in [0.25, 0.3) is 5.69 Å². The van der Waals surface area contributed by atoms with Crippen LogP contribution in [0.2, 0.25) is 0 Å². The zero-order valence-electron chi connectivity index (χ0n) is 11.4. The van der Waals surface area contributed by atoms with E-state index in [0.717, 1.165) is 22.6 Å². The third kappa shape index (κ3) is 2.78. The molecular formula is C15H18N2O2. The highest BCUT2D eigenvalue weighted by molar-refractivity contribution is 5.67. The molecule has 0 saturated carbocycles. The Morgan fingerprint density at radius 2 is 1.95 bits per heavy atom. The van der Waals surface area contributed by atoms with E-state index in [1.165, 1.54) is 7.11 Å². The van der Waals surface area contributed by atoms with Gasteiger partial charge in [-0.15, -0.1) is 0 Å². The molecule has 1 heterocycles. The molecule has 0 atom stereocenters. The molecule has 0 aliphatic rings. The summed E-state index contributed by atoms with van der Waals surface area (Å²) in [6, 6.07) is 12.2. The summed E-state index contributed by atoms with van der Waals surface area (Å²) in [5.74, 6) is 0. The van der Waals surface area contributed by atoms with Crippen molar-refractivity contribution in [1.82, 2.24) is 9.88 Å². The first-order valence-corrected chi connectivity index (χ1v) is 6.18. The van der Waals surface area contributed by atoms with E-state index < -0.39 is 6.09 Å². The minimum absolute atomic E-state index is 0.412. The maximum absolute atomic E-state index is 11.1. The van der Waals surface area contributed by atoms with Crippen molar-refractivity contribution in [1.29, 1.82) is 0 Å². The first kappa shape index (κ1) is 13.2. The van der Waals surface area contributed by atoms with Gasteiger partial charge in [-0.1, -0.05) is 18.2 Å². The number of para-hydroxylation sites is 1. The van der Waals surface area contributed by atoms with Gasteiger partial charge < -0.3 is 14.6 Å². The third-order valence-electron chi connectivity index (χ3n) is 3.16. The first-order chi connectivity index (χ1) is 9.13. The quantitative estimate of drug-likeness (QED) is 0.919. The molecule has 0 aliphatic carbocycles. The summed E-state index contributed by atoms with van der Waals surface area (Å²) in [5, 5.41) is 2.71. The summed E-state index contributed by atoms with van der Waals surface area (Å²) >= 11 is 0. The smallest absolute Gasteiger partial charge is 0.407 e. The lowest BCUT2D eigenvalue weighted by Crippen LogP contribution is -2.22. The number of methoxy groups -OCH3 is 1. The second-order valence-electron chi connectivity index (χ2n) is 4.41. The van der Waals surface area contributed by atoms with Gasteiger partial charge in [0.2, 0.25) is 0 Å². The number of hydrogen-bond acceptors (Lipinski definition) is 2. The van der Waals surface area contributed by atoms with Crippen LogP contribution < -0.4 is 5.32 Å². The number of rotatable bonds is 3.